The predicted molar refractivity (Wildman–Crippen MR) is 68.0 cm³/mol. The summed E-state index contributed by atoms with van der Waals surface area (Å²) in [5.41, 5.74) is 5.78. The van der Waals surface area contributed by atoms with Crippen LogP contribution in [-0.4, -0.2) is 5.54 Å². The average molecular weight is 242 g/mol. The highest BCUT2D eigenvalue weighted by atomic mass is 19.2. The molecule has 2 nitrogen and oxygen atoms in total. The number of rotatable bonds is 5. The molecule has 0 spiro atoms. The first-order valence-corrected chi connectivity index (χ1v) is 6.01. The molecule has 1 rings (SSSR count). The second kappa shape index (κ2) is 5.34. The summed E-state index contributed by atoms with van der Waals surface area (Å²) in [7, 11) is 0. The Bertz CT molecular complexity index is 379. The summed E-state index contributed by atoms with van der Waals surface area (Å²) in [5.74, 6) is -1.77. The first-order chi connectivity index (χ1) is 7.99. The lowest BCUT2D eigenvalue weighted by Crippen LogP contribution is -2.36. The van der Waals surface area contributed by atoms with Gasteiger partial charge in [0.2, 0.25) is 0 Å². The fourth-order valence-electron chi connectivity index (χ4n) is 1.97. The van der Waals surface area contributed by atoms with Crippen molar-refractivity contribution in [3.05, 3.63) is 23.8 Å². The van der Waals surface area contributed by atoms with Gasteiger partial charge in [-0.1, -0.05) is 20.8 Å². The van der Waals surface area contributed by atoms with Crippen LogP contribution in [-0.2, 0) is 0 Å². The maximum Gasteiger partial charge on any atom is 0.183 e. The smallest absolute Gasteiger partial charge is 0.183 e. The highest BCUT2D eigenvalue weighted by Gasteiger charge is 2.26. The van der Waals surface area contributed by atoms with E-state index in [1.807, 2.05) is 20.8 Å². The van der Waals surface area contributed by atoms with Crippen LogP contribution in [0.1, 0.15) is 40.0 Å². The lowest BCUT2D eigenvalue weighted by atomic mass is 9.89. The zero-order chi connectivity index (χ0) is 13.1. The van der Waals surface area contributed by atoms with Gasteiger partial charge in [0.1, 0.15) is 0 Å². The topological polar surface area (TPSA) is 38.0 Å². The molecule has 17 heavy (non-hydrogen) atoms. The zero-order valence-electron chi connectivity index (χ0n) is 10.6. The predicted octanol–water partition coefficient (Wildman–Crippen LogP) is 3.93. The molecule has 0 amide bonds. The van der Waals surface area contributed by atoms with E-state index < -0.39 is 11.6 Å². The molecule has 0 heterocycles. The molecule has 0 fully saturated rings. The monoisotopic (exact) mass is 242 g/mol. The van der Waals surface area contributed by atoms with E-state index in [-0.39, 0.29) is 16.9 Å². The van der Waals surface area contributed by atoms with Crippen LogP contribution in [0.5, 0.6) is 0 Å². The number of anilines is 2. The molecule has 0 aromatic heterocycles. The van der Waals surface area contributed by atoms with E-state index in [9.17, 15) is 8.78 Å². The van der Waals surface area contributed by atoms with Gasteiger partial charge in [0.05, 0.1) is 11.4 Å². The third-order valence-corrected chi connectivity index (χ3v) is 3.55. The van der Waals surface area contributed by atoms with E-state index in [4.69, 9.17) is 5.73 Å². The number of hydrogen-bond donors (Lipinski definition) is 2. The van der Waals surface area contributed by atoms with Gasteiger partial charge >= 0.3 is 0 Å². The van der Waals surface area contributed by atoms with Gasteiger partial charge in [0, 0.05) is 5.54 Å². The molecule has 1 aromatic carbocycles. The Hall–Kier alpha value is -1.32. The maximum atomic E-state index is 13.7. The van der Waals surface area contributed by atoms with Crippen LogP contribution in [0.25, 0.3) is 0 Å². The Morgan fingerprint density at radius 1 is 1.12 bits per heavy atom. The van der Waals surface area contributed by atoms with Crippen LogP contribution in [0.3, 0.4) is 0 Å². The first kappa shape index (κ1) is 13.7. The molecule has 0 unspecified atom stereocenters. The summed E-state index contributed by atoms with van der Waals surface area (Å²) in [6.45, 7) is 6.06. The molecule has 96 valence electrons. The van der Waals surface area contributed by atoms with Gasteiger partial charge < -0.3 is 11.1 Å². The normalized spacial score (nSPS) is 11.6. The van der Waals surface area contributed by atoms with Crippen molar-refractivity contribution >= 4 is 11.4 Å². The SMILES string of the molecule is CCC(CC)(CC)Nc1c(N)ccc(F)c1F. The maximum absolute atomic E-state index is 13.7. The molecule has 0 saturated carbocycles. The number of nitrogens with two attached hydrogens (primary N) is 1. The molecule has 0 aliphatic rings. The molecule has 0 radical (unpaired) electrons. The molecule has 0 aliphatic carbocycles. The van der Waals surface area contributed by atoms with E-state index >= 15 is 0 Å². The Balaban J connectivity index is 3.13. The van der Waals surface area contributed by atoms with Crippen molar-refractivity contribution in [1.82, 2.24) is 0 Å². The zero-order valence-corrected chi connectivity index (χ0v) is 10.6. The molecular weight excluding hydrogens is 222 g/mol. The lowest BCUT2D eigenvalue weighted by molar-refractivity contribution is 0.415. The fraction of sp³-hybridized carbons (Fsp3) is 0.538. The Morgan fingerprint density at radius 2 is 1.65 bits per heavy atom. The van der Waals surface area contributed by atoms with Crippen LogP contribution in [0, 0.1) is 11.6 Å². The van der Waals surface area contributed by atoms with E-state index in [1.165, 1.54) is 6.07 Å². The van der Waals surface area contributed by atoms with Crippen LogP contribution < -0.4 is 11.1 Å². The number of nitrogens with one attached hydrogen (secondary N) is 1. The van der Waals surface area contributed by atoms with Crippen LogP contribution >= 0.6 is 0 Å². The quantitative estimate of drug-likeness (QED) is 0.768. The van der Waals surface area contributed by atoms with Gasteiger partial charge in [-0.25, -0.2) is 8.78 Å². The fourth-order valence-corrected chi connectivity index (χ4v) is 1.97. The van der Waals surface area contributed by atoms with E-state index in [1.54, 1.807) is 0 Å². The van der Waals surface area contributed by atoms with Crippen molar-refractivity contribution in [2.24, 2.45) is 0 Å². The van der Waals surface area contributed by atoms with Crippen molar-refractivity contribution in [3.63, 3.8) is 0 Å². The van der Waals surface area contributed by atoms with Crippen molar-refractivity contribution in [2.45, 2.75) is 45.6 Å². The largest absolute Gasteiger partial charge is 0.397 e. The van der Waals surface area contributed by atoms with Crippen molar-refractivity contribution in [3.8, 4) is 0 Å². The Labute approximate surface area is 101 Å². The molecule has 0 atom stereocenters. The summed E-state index contributed by atoms with van der Waals surface area (Å²) in [6, 6.07) is 2.42. The van der Waals surface area contributed by atoms with Crippen molar-refractivity contribution in [2.75, 3.05) is 11.1 Å². The second-order valence-electron chi connectivity index (χ2n) is 4.29. The van der Waals surface area contributed by atoms with Crippen LogP contribution in [0.2, 0.25) is 0 Å². The summed E-state index contributed by atoms with van der Waals surface area (Å²) >= 11 is 0. The number of hydrogen-bond acceptors (Lipinski definition) is 2. The summed E-state index contributed by atoms with van der Waals surface area (Å²) in [5, 5.41) is 3.08. The number of halogens is 2. The number of nitrogen functional groups attached to an aromatic ring is 1. The molecule has 0 aliphatic heterocycles. The van der Waals surface area contributed by atoms with E-state index in [0.29, 0.717) is 0 Å². The van der Waals surface area contributed by atoms with Crippen molar-refractivity contribution < 1.29 is 8.78 Å². The van der Waals surface area contributed by atoms with Gasteiger partial charge in [-0.15, -0.1) is 0 Å². The third-order valence-electron chi connectivity index (χ3n) is 3.55. The van der Waals surface area contributed by atoms with Crippen LogP contribution in [0.15, 0.2) is 12.1 Å². The minimum atomic E-state index is -0.898. The van der Waals surface area contributed by atoms with Gasteiger partial charge in [0.25, 0.3) is 0 Å². The van der Waals surface area contributed by atoms with Gasteiger partial charge in [-0.05, 0) is 31.4 Å². The second-order valence-corrected chi connectivity index (χ2v) is 4.29. The Kier molecular flexibility index (Phi) is 4.32. The third kappa shape index (κ3) is 2.68. The summed E-state index contributed by atoms with van der Waals surface area (Å²) in [6.07, 6.45) is 2.49. The Morgan fingerprint density at radius 3 is 2.12 bits per heavy atom. The van der Waals surface area contributed by atoms with Gasteiger partial charge in [-0.3, -0.25) is 0 Å². The molecule has 1 aromatic rings. The molecule has 4 heteroatoms. The van der Waals surface area contributed by atoms with Crippen molar-refractivity contribution in [1.29, 1.82) is 0 Å². The first-order valence-electron chi connectivity index (χ1n) is 6.01. The average Bonchev–Trinajstić information content (AvgIpc) is 2.36. The van der Waals surface area contributed by atoms with Gasteiger partial charge in [-0.2, -0.15) is 0 Å². The van der Waals surface area contributed by atoms with Crippen LogP contribution in [0.4, 0.5) is 20.2 Å². The highest BCUT2D eigenvalue weighted by molar-refractivity contribution is 5.67. The number of benzene rings is 1. The molecular formula is C13H20F2N2. The van der Waals surface area contributed by atoms with Gasteiger partial charge in [0.15, 0.2) is 11.6 Å². The lowest BCUT2D eigenvalue weighted by Gasteiger charge is -2.33. The summed E-state index contributed by atoms with van der Waals surface area (Å²) < 4.78 is 26.9. The molecule has 0 saturated heterocycles. The minimum absolute atomic E-state index is 0.0792. The highest BCUT2D eigenvalue weighted by Crippen LogP contribution is 2.31. The summed E-state index contributed by atoms with van der Waals surface area (Å²) in [4.78, 5) is 0. The minimum Gasteiger partial charge on any atom is -0.397 e. The molecule has 3 N–H and O–H groups in total. The van der Waals surface area contributed by atoms with E-state index in [2.05, 4.69) is 5.32 Å². The van der Waals surface area contributed by atoms with E-state index in [0.717, 1.165) is 25.3 Å². The standard InChI is InChI=1S/C13H20F2N2/c1-4-13(5-2,6-3)17-12-10(16)8-7-9(14)11(12)15/h7-8,17H,4-6,16H2,1-3H3. The molecule has 0 bridgehead atoms.